The molecule has 0 unspecified atom stereocenters. The number of rotatable bonds is 10. The van der Waals surface area contributed by atoms with Gasteiger partial charge in [0, 0.05) is 25.2 Å². The molecule has 1 aromatic rings. The van der Waals surface area contributed by atoms with Gasteiger partial charge in [0.15, 0.2) is 17.4 Å². The van der Waals surface area contributed by atoms with E-state index in [1.807, 2.05) is 24.3 Å². The van der Waals surface area contributed by atoms with Crippen molar-refractivity contribution in [1.82, 2.24) is 4.90 Å². The number of piperidine rings is 1. The number of ether oxygens (including phenoxy) is 2. The van der Waals surface area contributed by atoms with Gasteiger partial charge in [0.05, 0.1) is 6.67 Å². The number of hydrogen-bond acceptors (Lipinski definition) is 4. The normalized spacial score (nSPS) is 21.4. The maximum atomic E-state index is 14.7. The maximum Gasteiger partial charge on any atom is 0.387 e. The summed E-state index contributed by atoms with van der Waals surface area (Å²) < 4.78 is 78.2. The molecule has 1 aliphatic heterocycles. The fourth-order valence-electron chi connectivity index (χ4n) is 6.59. The van der Waals surface area contributed by atoms with E-state index in [9.17, 15) is 22.0 Å². The summed E-state index contributed by atoms with van der Waals surface area (Å²) in [5, 5.41) is 0. The van der Waals surface area contributed by atoms with Gasteiger partial charge in [0.2, 0.25) is 0 Å². The van der Waals surface area contributed by atoms with Crippen molar-refractivity contribution in [1.29, 1.82) is 0 Å². The van der Waals surface area contributed by atoms with Crippen LogP contribution in [0.5, 0.6) is 5.75 Å². The number of halogens is 5. The van der Waals surface area contributed by atoms with E-state index < -0.39 is 24.0 Å². The zero-order chi connectivity index (χ0) is 31.8. The molecule has 0 amide bonds. The Morgan fingerprint density at radius 2 is 1.82 bits per heavy atom. The molecule has 242 valence electrons. The van der Waals surface area contributed by atoms with Crippen LogP contribution in [0, 0.1) is 11.6 Å². The first-order chi connectivity index (χ1) is 21.8. The lowest BCUT2D eigenvalue weighted by Gasteiger charge is -2.33. The van der Waals surface area contributed by atoms with Crippen molar-refractivity contribution in [3.05, 3.63) is 111 Å². The van der Waals surface area contributed by atoms with Crippen LogP contribution in [-0.4, -0.2) is 43.9 Å². The van der Waals surface area contributed by atoms with Gasteiger partial charge < -0.3 is 15.2 Å². The summed E-state index contributed by atoms with van der Waals surface area (Å²) in [5.41, 5.74) is 12.4. The van der Waals surface area contributed by atoms with Gasteiger partial charge in [-0.3, -0.25) is 9.29 Å². The van der Waals surface area contributed by atoms with Crippen molar-refractivity contribution in [3.63, 3.8) is 0 Å². The number of hydrogen-bond donors (Lipinski definition) is 1. The van der Waals surface area contributed by atoms with Crippen molar-refractivity contribution >= 4 is 0 Å². The Bertz CT molecular complexity index is 1430. The van der Waals surface area contributed by atoms with Gasteiger partial charge in [-0.1, -0.05) is 36.0 Å². The van der Waals surface area contributed by atoms with Gasteiger partial charge in [0.25, 0.3) is 0 Å². The average molecular weight is 629 g/mol. The molecule has 1 heterocycles. The monoisotopic (exact) mass is 628 g/mol. The lowest BCUT2D eigenvalue weighted by atomic mass is 9.80. The lowest BCUT2D eigenvalue weighted by Crippen LogP contribution is -2.40. The summed E-state index contributed by atoms with van der Waals surface area (Å²) in [6, 6.07) is 2.15. The van der Waals surface area contributed by atoms with Gasteiger partial charge in [-0.25, -0.2) is 8.78 Å². The van der Waals surface area contributed by atoms with Gasteiger partial charge in [-0.05, 0) is 116 Å². The van der Waals surface area contributed by atoms with Crippen LogP contribution in [0.15, 0.2) is 94.0 Å². The highest BCUT2D eigenvalue weighted by molar-refractivity contribution is 5.64. The molecule has 1 atom stereocenters. The molecular weight excluding hydrogens is 587 g/mol. The molecule has 3 aliphatic carbocycles. The topological polar surface area (TPSA) is 47.7 Å². The molecule has 0 saturated carbocycles. The van der Waals surface area contributed by atoms with Crippen LogP contribution >= 0.6 is 0 Å². The number of likely N-dealkylation sites (tertiary alicyclic amines) is 1. The zero-order valence-corrected chi connectivity index (χ0v) is 25.5. The van der Waals surface area contributed by atoms with E-state index in [0.29, 0.717) is 36.9 Å². The third-order valence-corrected chi connectivity index (χ3v) is 8.58. The second-order valence-corrected chi connectivity index (χ2v) is 11.9. The van der Waals surface area contributed by atoms with Crippen LogP contribution in [0.2, 0.25) is 0 Å². The number of fused-ring (bicyclic) bond motifs is 1. The molecule has 0 bridgehead atoms. The maximum absolute atomic E-state index is 14.7. The average Bonchev–Trinajstić information content (AvgIpc) is 3.33. The van der Waals surface area contributed by atoms with Crippen molar-refractivity contribution in [3.8, 4) is 5.75 Å². The molecular formula is C36H41F5N2O2. The lowest BCUT2D eigenvalue weighted by molar-refractivity contribution is -0.0546. The predicted octanol–water partition coefficient (Wildman–Crippen LogP) is 8.69. The van der Waals surface area contributed by atoms with Crippen molar-refractivity contribution in [2.45, 2.75) is 76.9 Å². The molecule has 9 heteroatoms. The summed E-state index contributed by atoms with van der Waals surface area (Å²) in [6.45, 7) is -1.18. The SMILES string of the molecule is NC1=CCC=C2C(=C1)CCCCC(Cc1cc(F)c(OC(F)F)c(F)c1)=C2C1=CC=C(O[C@H]2CCCN(CCCF)C2)CC=C1. The van der Waals surface area contributed by atoms with Gasteiger partial charge in [-0.2, -0.15) is 8.78 Å². The van der Waals surface area contributed by atoms with Crippen molar-refractivity contribution in [2.24, 2.45) is 5.73 Å². The van der Waals surface area contributed by atoms with Crippen LogP contribution in [0.4, 0.5) is 22.0 Å². The van der Waals surface area contributed by atoms with Crippen LogP contribution in [0.25, 0.3) is 0 Å². The second-order valence-electron chi connectivity index (χ2n) is 11.9. The Balaban J connectivity index is 1.50. The van der Waals surface area contributed by atoms with E-state index >= 15 is 0 Å². The first-order valence-electron chi connectivity index (χ1n) is 15.8. The smallest absolute Gasteiger partial charge is 0.387 e. The Hall–Kier alpha value is -3.59. The highest BCUT2D eigenvalue weighted by Crippen LogP contribution is 2.40. The molecule has 4 aliphatic rings. The van der Waals surface area contributed by atoms with E-state index in [-0.39, 0.29) is 19.2 Å². The van der Waals surface area contributed by atoms with Crippen LogP contribution < -0.4 is 10.5 Å². The van der Waals surface area contributed by atoms with E-state index in [4.69, 9.17) is 10.5 Å². The Labute approximate surface area is 262 Å². The number of nitrogens with zero attached hydrogens (tertiary/aromatic N) is 1. The van der Waals surface area contributed by atoms with E-state index in [1.54, 1.807) is 0 Å². The number of nitrogens with two attached hydrogens (primary N) is 1. The largest absolute Gasteiger partial charge is 0.493 e. The summed E-state index contributed by atoms with van der Waals surface area (Å²) in [4.78, 5) is 2.26. The van der Waals surface area contributed by atoms with Gasteiger partial charge >= 0.3 is 6.61 Å². The molecule has 0 radical (unpaired) electrons. The Kier molecular flexibility index (Phi) is 11.4. The standard InChI is InChI=1S/C36H41F5N2O2/c37-16-6-18-43-17-5-12-30(23-43)44-29-11-3-9-25(14-15-29)34-27(8-2-1-7-26-22-28(42)10-4-13-31(26)34)19-24-20-32(38)35(33(39)21-24)45-36(40)41/h3,9-10,13-15,20-22,30,36H,1-2,4-8,11-12,16-19,23,42H2/t30-/m0/s1. The first kappa shape index (κ1) is 32.8. The fourth-order valence-corrected chi connectivity index (χ4v) is 6.59. The molecule has 4 nitrogen and oxygen atoms in total. The third-order valence-electron chi connectivity index (χ3n) is 8.58. The van der Waals surface area contributed by atoms with Crippen molar-refractivity contribution in [2.75, 3.05) is 26.3 Å². The van der Waals surface area contributed by atoms with Crippen LogP contribution in [0.3, 0.4) is 0 Å². The highest BCUT2D eigenvalue weighted by atomic mass is 19.3. The van der Waals surface area contributed by atoms with Gasteiger partial charge in [0.1, 0.15) is 11.9 Å². The summed E-state index contributed by atoms with van der Waals surface area (Å²) >= 11 is 0. The van der Waals surface area contributed by atoms with E-state index in [1.165, 1.54) is 0 Å². The minimum absolute atomic E-state index is 0.0408. The molecule has 0 aromatic heterocycles. The number of benzene rings is 1. The molecule has 0 spiro atoms. The minimum atomic E-state index is -3.33. The summed E-state index contributed by atoms with van der Waals surface area (Å²) in [7, 11) is 0. The minimum Gasteiger partial charge on any atom is -0.493 e. The number of allylic oxidation sites excluding steroid dienone is 12. The third kappa shape index (κ3) is 8.78. The molecule has 1 fully saturated rings. The summed E-state index contributed by atoms with van der Waals surface area (Å²) in [6.07, 6.45) is 21.7. The highest BCUT2D eigenvalue weighted by Gasteiger charge is 2.25. The molecule has 45 heavy (non-hydrogen) atoms. The first-order valence-corrected chi connectivity index (χ1v) is 15.8. The molecule has 1 aromatic carbocycles. The predicted molar refractivity (Wildman–Crippen MR) is 166 cm³/mol. The summed E-state index contributed by atoms with van der Waals surface area (Å²) in [5.74, 6) is -2.54. The van der Waals surface area contributed by atoms with Crippen LogP contribution in [0.1, 0.15) is 63.4 Å². The quantitative estimate of drug-likeness (QED) is 0.264. The molecule has 2 N–H and O–H groups in total. The fraction of sp³-hybridized carbons (Fsp3) is 0.444. The van der Waals surface area contributed by atoms with Gasteiger partial charge in [-0.15, -0.1) is 0 Å². The molecule has 5 rings (SSSR count). The zero-order valence-electron chi connectivity index (χ0n) is 25.5. The number of alkyl halides is 3. The Morgan fingerprint density at radius 3 is 2.60 bits per heavy atom. The molecule has 1 saturated heterocycles. The van der Waals surface area contributed by atoms with Crippen molar-refractivity contribution < 1.29 is 31.4 Å². The Morgan fingerprint density at radius 1 is 1.02 bits per heavy atom. The van der Waals surface area contributed by atoms with Crippen LogP contribution in [-0.2, 0) is 11.2 Å². The van der Waals surface area contributed by atoms with E-state index in [2.05, 4.69) is 27.9 Å². The second kappa shape index (κ2) is 15.6. The van der Waals surface area contributed by atoms with E-state index in [0.717, 1.165) is 97.5 Å².